The van der Waals surface area contributed by atoms with Gasteiger partial charge in [-0.2, -0.15) is 0 Å². The van der Waals surface area contributed by atoms with Gasteiger partial charge in [-0.1, -0.05) is 0 Å². The van der Waals surface area contributed by atoms with Crippen LogP contribution in [-0.4, -0.2) is 53.7 Å². The smallest absolute Gasteiger partial charge is 0.322 e. The van der Waals surface area contributed by atoms with E-state index >= 15 is 0 Å². The van der Waals surface area contributed by atoms with Gasteiger partial charge >= 0.3 is 6.03 Å². The molecule has 7 nitrogen and oxygen atoms in total. The summed E-state index contributed by atoms with van der Waals surface area (Å²) in [4.78, 5) is 24.9. The third-order valence-electron chi connectivity index (χ3n) is 4.76. The summed E-state index contributed by atoms with van der Waals surface area (Å²) in [5.74, 6) is 1.22. The lowest BCUT2D eigenvalue weighted by atomic mass is 10.2. The van der Waals surface area contributed by atoms with Crippen LogP contribution in [0.25, 0.3) is 0 Å². The normalized spacial score (nSPS) is 16.9. The number of benzene rings is 1. The van der Waals surface area contributed by atoms with Crippen molar-refractivity contribution >= 4 is 17.7 Å². The number of aromatic nitrogens is 2. The lowest BCUT2D eigenvalue weighted by molar-refractivity contribution is 0.207. The second-order valence-electron chi connectivity index (χ2n) is 6.85. The predicted octanol–water partition coefficient (Wildman–Crippen LogP) is 2.76. The molecule has 142 valence electrons. The fraction of sp³-hybridized carbons (Fsp3) is 0.421. The summed E-state index contributed by atoms with van der Waals surface area (Å²) < 4.78 is 19.3. The number of ether oxygens (including phenoxy) is 1. The van der Waals surface area contributed by atoms with Gasteiger partial charge in [0, 0.05) is 44.6 Å². The molecule has 0 bridgehead atoms. The van der Waals surface area contributed by atoms with Crippen LogP contribution in [0.2, 0.25) is 0 Å². The Labute approximate surface area is 157 Å². The number of urea groups is 1. The second kappa shape index (κ2) is 7.77. The number of amides is 2. The quantitative estimate of drug-likeness (QED) is 0.875. The van der Waals surface area contributed by atoms with Gasteiger partial charge in [0.15, 0.2) is 0 Å². The fourth-order valence-corrected chi connectivity index (χ4v) is 2.97. The minimum atomic E-state index is -0.379. The standard InChI is InChI=1S/C19H22FN5O2/c20-15-4-5-16(17(12-15)27-13-14-2-3-14)23-19(26)25-10-8-24(9-11-25)18-21-6-1-7-22-18/h1,4-7,12,14H,2-3,8-11,13H2,(H,23,26). The molecule has 0 radical (unpaired) electrons. The van der Waals surface area contributed by atoms with Crippen LogP contribution in [0.1, 0.15) is 12.8 Å². The van der Waals surface area contributed by atoms with E-state index in [1.54, 1.807) is 29.4 Å². The maximum absolute atomic E-state index is 13.6. The van der Waals surface area contributed by atoms with E-state index in [0.29, 0.717) is 56.1 Å². The largest absolute Gasteiger partial charge is 0.491 e. The molecule has 0 spiro atoms. The van der Waals surface area contributed by atoms with Crippen LogP contribution in [0, 0.1) is 11.7 Å². The lowest BCUT2D eigenvalue weighted by Crippen LogP contribution is -2.50. The number of rotatable bonds is 5. The molecule has 1 saturated carbocycles. The van der Waals surface area contributed by atoms with E-state index in [0.717, 1.165) is 12.8 Å². The molecular formula is C19H22FN5O2. The maximum atomic E-state index is 13.6. The molecule has 4 rings (SSSR count). The topological polar surface area (TPSA) is 70.6 Å². The Morgan fingerprint density at radius 2 is 1.93 bits per heavy atom. The molecule has 2 amide bonds. The molecule has 1 N–H and O–H groups in total. The molecule has 2 aromatic rings. The Balaban J connectivity index is 1.35. The molecule has 1 aliphatic heterocycles. The molecule has 1 saturated heterocycles. The van der Waals surface area contributed by atoms with Gasteiger partial charge in [0.1, 0.15) is 11.6 Å². The number of anilines is 2. The van der Waals surface area contributed by atoms with E-state index in [1.165, 1.54) is 12.1 Å². The van der Waals surface area contributed by atoms with E-state index in [4.69, 9.17) is 4.74 Å². The van der Waals surface area contributed by atoms with Gasteiger partial charge in [0.2, 0.25) is 5.95 Å². The highest BCUT2D eigenvalue weighted by Crippen LogP contribution is 2.32. The molecule has 2 aliphatic rings. The molecule has 1 aromatic heterocycles. The zero-order valence-electron chi connectivity index (χ0n) is 15.0. The number of hydrogen-bond donors (Lipinski definition) is 1. The summed E-state index contributed by atoms with van der Waals surface area (Å²) in [5, 5.41) is 2.85. The van der Waals surface area contributed by atoms with Crippen molar-refractivity contribution in [3.05, 3.63) is 42.5 Å². The highest BCUT2D eigenvalue weighted by atomic mass is 19.1. The molecule has 0 atom stereocenters. The van der Waals surface area contributed by atoms with Crippen LogP contribution in [0.5, 0.6) is 5.75 Å². The summed E-state index contributed by atoms with van der Waals surface area (Å²) in [7, 11) is 0. The van der Waals surface area contributed by atoms with Crippen molar-refractivity contribution < 1.29 is 13.9 Å². The molecule has 2 heterocycles. The summed E-state index contributed by atoms with van der Waals surface area (Å²) in [6, 6.07) is 5.75. The number of piperazine rings is 1. The van der Waals surface area contributed by atoms with Crippen LogP contribution in [0.3, 0.4) is 0 Å². The van der Waals surface area contributed by atoms with Crippen LogP contribution >= 0.6 is 0 Å². The van der Waals surface area contributed by atoms with Crippen LogP contribution in [-0.2, 0) is 0 Å². The van der Waals surface area contributed by atoms with E-state index in [1.807, 2.05) is 4.90 Å². The molecule has 8 heteroatoms. The predicted molar refractivity (Wildman–Crippen MR) is 99.5 cm³/mol. The molecule has 0 unspecified atom stereocenters. The molecule has 2 fully saturated rings. The summed E-state index contributed by atoms with van der Waals surface area (Å²) in [5.41, 5.74) is 0.496. The van der Waals surface area contributed by atoms with Crippen molar-refractivity contribution in [2.75, 3.05) is 43.0 Å². The Kier molecular flexibility index (Phi) is 5.04. The van der Waals surface area contributed by atoms with E-state index in [9.17, 15) is 9.18 Å². The van der Waals surface area contributed by atoms with Crippen molar-refractivity contribution in [2.24, 2.45) is 5.92 Å². The molecule has 1 aromatic carbocycles. The molecular weight excluding hydrogens is 349 g/mol. The zero-order chi connectivity index (χ0) is 18.6. The highest BCUT2D eigenvalue weighted by Gasteiger charge is 2.25. The molecule has 1 aliphatic carbocycles. The van der Waals surface area contributed by atoms with Gasteiger partial charge in [-0.3, -0.25) is 0 Å². The van der Waals surface area contributed by atoms with Crippen molar-refractivity contribution in [1.29, 1.82) is 0 Å². The SMILES string of the molecule is O=C(Nc1ccc(F)cc1OCC1CC1)N1CCN(c2ncccn2)CC1. The van der Waals surface area contributed by atoms with Crippen LogP contribution in [0.15, 0.2) is 36.7 Å². The van der Waals surface area contributed by atoms with Gasteiger partial charge in [0.25, 0.3) is 0 Å². The number of hydrogen-bond acceptors (Lipinski definition) is 5. The van der Waals surface area contributed by atoms with Crippen molar-refractivity contribution in [1.82, 2.24) is 14.9 Å². The zero-order valence-corrected chi connectivity index (χ0v) is 15.0. The Hall–Kier alpha value is -2.90. The summed E-state index contributed by atoms with van der Waals surface area (Å²) >= 11 is 0. The average Bonchev–Trinajstić information content (AvgIpc) is 3.53. The Bertz CT molecular complexity index is 792. The first-order valence-electron chi connectivity index (χ1n) is 9.19. The number of nitrogens with zero attached hydrogens (tertiary/aromatic N) is 4. The van der Waals surface area contributed by atoms with Gasteiger partial charge in [-0.25, -0.2) is 19.2 Å². The van der Waals surface area contributed by atoms with Crippen molar-refractivity contribution in [2.45, 2.75) is 12.8 Å². The number of carbonyl (C=O) groups is 1. The highest BCUT2D eigenvalue weighted by molar-refractivity contribution is 5.91. The third kappa shape index (κ3) is 4.45. The Morgan fingerprint density at radius 1 is 1.19 bits per heavy atom. The van der Waals surface area contributed by atoms with Gasteiger partial charge in [-0.15, -0.1) is 0 Å². The van der Waals surface area contributed by atoms with Crippen molar-refractivity contribution in [3.8, 4) is 5.75 Å². The van der Waals surface area contributed by atoms with Gasteiger partial charge < -0.3 is 19.9 Å². The van der Waals surface area contributed by atoms with Gasteiger partial charge in [0.05, 0.1) is 12.3 Å². The first-order valence-corrected chi connectivity index (χ1v) is 9.19. The number of halogens is 1. The Morgan fingerprint density at radius 3 is 2.63 bits per heavy atom. The average molecular weight is 371 g/mol. The van der Waals surface area contributed by atoms with Crippen LogP contribution < -0.4 is 15.0 Å². The number of nitrogens with one attached hydrogen (secondary N) is 1. The van der Waals surface area contributed by atoms with Crippen LogP contribution in [0.4, 0.5) is 20.8 Å². The lowest BCUT2D eigenvalue weighted by Gasteiger charge is -2.34. The number of carbonyl (C=O) groups excluding carboxylic acids is 1. The molecule has 27 heavy (non-hydrogen) atoms. The maximum Gasteiger partial charge on any atom is 0.322 e. The van der Waals surface area contributed by atoms with Gasteiger partial charge in [-0.05, 0) is 37.0 Å². The second-order valence-corrected chi connectivity index (χ2v) is 6.85. The van der Waals surface area contributed by atoms with E-state index in [2.05, 4.69) is 15.3 Å². The summed E-state index contributed by atoms with van der Waals surface area (Å²) in [6.45, 7) is 2.99. The first kappa shape index (κ1) is 17.5. The minimum absolute atomic E-state index is 0.216. The third-order valence-corrected chi connectivity index (χ3v) is 4.76. The minimum Gasteiger partial charge on any atom is -0.491 e. The van der Waals surface area contributed by atoms with Crippen molar-refractivity contribution in [3.63, 3.8) is 0 Å². The van der Waals surface area contributed by atoms with E-state index < -0.39 is 0 Å². The summed E-state index contributed by atoms with van der Waals surface area (Å²) in [6.07, 6.45) is 5.71. The fourth-order valence-electron chi connectivity index (χ4n) is 2.97. The monoisotopic (exact) mass is 371 g/mol. The van der Waals surface area contributed by atoms with E-state index in [-0.39, 0.29) is 11.8 Å². The first-order chi connectivity index (χ1) is 13.2.